The summed E-state index contributed by atoms with van der Waals surface area (Å²) >= 11 is 0. The number of hydrogen-bond acceptors (Lipinski definition) is 7. The molecule has 14 heteroatoms. The maximum Gasteiger partial charge on any atom is 0.326 e. The smallest absolute Gasteiger partial charge is 0.326 e. The second-order valence-electron chi connectivity index (χ2n) is 10.7. The lowest BCUT2D eigenvalue weighted by Crippen LogP contribution is -2.57. The summed E-state index contributed by atoms with van der Waals surface area (Å²) in [5.41, 5.74) is 24.1. The number of hydrogen-bond donors (Lipinski definition) is 9. The Labute approximate surface area is 251 Å². The van der Waals surface area contributed by atoms with Crippen molar-refractivity contribution in [3.8, 4) is 0 Å². The first-order valence-corrected chi connectivity index (χ1v) is 14.7. The molecule has 0 radical (unpaired) electrons. The average molecular weight is 602 g/mol. The third kappa shape index (κ3) is 11.2. The van der Waals surface area contributed by atoms with E-state index < -0.39 is 47.9 Å². The average Bonchev–Trinajstić information content (AvgIpc) is 3.39. The van der Waals surface area contributed by atoms with Gasteiger partial charge in [-0.05, 0) is 56.2 Å². The first-order chi connectivity index (χ1) is 20.5. The van der Waals surface area contributed by atoms with Crippen molar-refractivity contribution in [3.63, 3.8) is 0 Å². The van der Waals surface area contributed by atoms with Gasteiger partial charge in [-0.3, -0.25) is 19.4 Å². The minimum absolute atomic E-state index is 0.0189. The molecule has 0 aliphatic heterocycles. The van der Waals surface area contributed by atoms with Crippen molar-refractivity contribution < 1.29 is 24.3 Å². The highest BCUT2D eigenvalue weighted by Crippen LogP contribution is 2.19. The van der Waals surface area contributed by atoms with Gasteiger partial charge in [0, 0.05) is 30.1 Å². The van der Waals surface area contributed by atoms with Crippen LogP contribution in [0.5, 0.6) is 0 Å². The Morgan fingerprint density at radius 3 is 2.14 bits per heavy atom. The van der Waals surface area contributed by atoms with Crippen LogP contribution in [0.25, 0.3) is 10.9 Å². The summed E-state index contributed by atoms with van der Waals surface area (Å²) in [4.78, 5) is 58.9. The van der Waals surface area contributed by atoms with Crippen LogP contribution in [0.15, 0.2) is 35.5 Å². The van der Waals surface area contributed by atoms with Crippen LogP contribution >= 0.6 is 0 Å². The minimum atomic E-state index is -1.27. The van der Waals surface area contributed by atoms with Crippen LogP contribution in [0.3, 0.4) is 0 Å². The molecule has 0 aliphatic carbocycles. The van der Waals surface area contributed by atoms with Crippen LogP contribution < -0.4 is 38.9 Å². The van der Waals surface area contributed by atoms with E-state index in [2.05, 4.69) is 25.9 Å². The first-order valence-electron chi connectivity index (χ1n) is 14.7. The van der Waals surface area contributed by atoms with Crippen molar-refractivity contribution in [2.45, 2.75) is 83.0 Å². The number of carbonyl (C=O) groups excluding carboxylic acids is 3. The molecule has 1 heterocycles. The van der Waals surface area contributed by atoms with Gasteiger partial charge in [0.15, 0.2) is 5.96 Å². The van der Waals surface area contributed by atoms with E-state index in [0.717, 1.165) is 16.5 Å². The van der Waals surface area contributed by atoms with E-state index in [0.29, 0.717) is 32.2 Å². The number of rotatable bonds is 19. The van der Waals surface area contributed by atoms with Crippen LogP contribution in [0.1, 0.15) is 57.9 Å². The van der Waals surface area contributed by atoms with Gasteiger partial charge < -0.3 is 49.0 Å². The molecule has 0 spiro atoms. The third-order valence-electron chi connectivity index (χ3n) is 7.43. The zero-order chi connectivity index (χ0) is 31.9. The number of aliphatic carboxylic acids is 1. The van der Waals surface area contributed by atoms with E-state index in [-0.39, 0.29) is 37.7 Å². The Balaban J connectivity index is 2.23. The Hall–Kier alpha value is -4.17. The maximum atomic E-state index is 13.4. The molecule has 43 heavy (non-hydrogen) atoms. The zero-order valence-corrected chi connectivity index (χ0v) is 25.0. The maximum absolute atomic E-state index is 13.4. The second-order valence-corrected chi connectivity index (χ2v) is 10.7. The molecule has 0 fully saturated rings. The number of aliphatic imine (C=N–C) groups is 1. The lowest BCUT2D eigenvalue weighted by Gasteiger charge is -2.26. The third-order valence-corrected chi connectivity index (χ3v) is 7.43. The van der Waals surface area contributed by atoms with Gasteiger partial charge in [-0.2, -0.15) is 0 Å². The summed E-state index contributed by atoms with van der Waals surface area (Å²) < 4.78 is 0. The molecule has 2 rings (SSSR count). The Morgan fingerprint density at radius 1 is 0.930 bits per heavy atom. The molecular formula is C29H47N9O5. The van der Waals surface area contributed by atoms with Crippen molar-refractivity contribution in [1.29, 1.82) is 0 Å². The number of carboxylic acids is 1. The van der Waals surface area contributed by atoms with E-state index in [9.17, 15) is 24.3 Å². The molecule has 0 aliphatic rings. The number of H-pyrrole nitrogens is 1. The summed E-state index contributed by atoms with van der Waals surface area (Å²) in [6.45, 7) is 4.37. The first kappa shape index (κ1) is 35.0. The number of para-hydroxylation sites is 1. The van der Waals surface area contributed by atoms with Gasteiger partial charge in [-0.15, -0.1) is 0 Å². The molecule has 238 valence electrons. The van der Waals surface area contributed by atoms with Gasteiger partial charge >= 0.3 is 5.97 Å². The lowest BCUT2D eigenvalue weighted by atomic mass is 9.98. The summed E-state index contributed by atoms with van der Waals surface area (Å²) in [7, 11) is 0. The summed E-state index contributed by atoms with van der Waals surface area (Å²) in [6, 6.07) is 3.26. The van der Waals surface area contributed by atoms with E-state index in [4.69, 9.17) is 22.9 Å². The fourth-order valence-corrected chi connectivity index (χ4v) is 4.58. The van der Waals surface area contributed by atoms with Crippen LogP contribution in [0.2, 0.25) is 0 Å². The van der Waals surface area contributed by atoms with Crippen LogP contribution in [0, 0.1) is 5.92 Å². The quantitative estimate of drug-likeness (QED) is 0.0586. The van der Waals surface area contributed by atoms with Gasteiger partial charge in [-0.1, -0.05) is 38.5 Å². The van der Waals surface area contributed by atoms with E-state index in [1.807, 2.05) is 38.1 Å². The number of unbranched alkanes of at least 4 members (excludes halogenated alkanes) is 1. The molecule has 0 saturated heterocycles. The Kier molecular flexibility index (Phi) is 14.4. The predicted octanol–water partition coefficient (Wildman–Crippen LogP) is -0.195. The van der Waals surface area contributed by atoms with E-state index >= 15 is 0 Å². The SMILES string of the molecule is CCC(C)C(N)C(=O)NC(CCCCN)C(=O)NC(CCCN=C(N)N)C(=O)NC(Cc1c[nH]c2ccccc12)C(=O)O. The van der Waals surface area contributed by atoms with Crippen molar-refractivity contribution in [2.24, 2.45) is 33.8 Å². The van der Waals surface area contributed by atoms with Crippen molar-refractivity contribution >= 4 is 40.6 Å². The number of fused-ring (bicyclic) bond motifs is 1. The molecular weight excluding hydrogens is 554 g/mol. The largest absolute Gasteiger partial charge is 0.480 e. The van der Waals surface area contributed by atoms with Crippen LogP contribution in [0.4, 0.5) is 0 Å². The lowest BCUT2D eigenvalue weighted by molar-refractivity contribution is -0.142. The highest BCUT2D eigenvalue weighted by molar-refractivity contribution is 5.94. The zero-order valence-electron chi connectivity index (χ0n) is 25.0. The molecule has 1 aromatic heterocycles. The van der Waals surface area contributed by atoms with Gasteiger partial charge in [-0.25, -0.2) is 4.79 Å². The van der Waals surface area contributed by atoms with Gasteiger partial charge in [0.2, 0.25) is 17.7 Å². The molecule has 5 atom stereocenters. The van der Waals surface area contributed by atoms with E-state index in [1.54, 1.807) is 6.20 Å². The Morgan fingerprint density at radius 2 is 1.53 bits per heavy atom. The van der Waals surface area contributed by atoms with Crippen LogP contribution in [-0.2, 0) is 25.6 Å². The summed E-state index contributed by atoms with van der Waals surface area (Å²) in [6.07, 6.45) is 4.31. The predicted molar refractivity (Wildman–Crippen MR) is 166 cm³/mol. The normalized spacial score (nSPS) is 14.6. The van der Waals surface area contributed by atoms with Crippen molar-refractivity contribution in [2.75, 3.05) is 13.1 Å². The van der Waals surface area contributed by atoms with Crippen molar-refractivity contribution in [1.82, 2.24) is 20.9 Å². The fourth-order valence-electron chi connectivity index (χ4n) is 4.58. The molecule has 5 unspecified atom stereocenters. The molecule has 1 aromatic carbocycles. The molecule has 0 saturated carbocycles. The standard InChI is InChI=1S/C29H47N9O5/c1-3-17(2)24(31)27(41)37-21(11-6-7-13-30)25(39)36-22(12-8-14-34-29(32)33)26(40)38-23(28(42)43)15-18-16-35-20-10-5-4-9-19(18)20/h4-5,9-10,16-17,21-24,35H,3,6-8,11-15,30-31H2,1-2H3,(H,36,39)(H,37,41)(H,38,40)(H,42,43)(H4,32,33,34). The number of benzene rings is 1. The van der Waals surface area contributed by atoms with Gasteiger partial charge in [0.25, 0.3) is 0 Å². The number of nitrogens with zero attached hydrogens (tertiary/aromatic N) is 1. The number of amides is 3. The highest BCUT2D eigenvalue weighted by atomic mass is 16.4. The molecule has 2 aromatic rings. The second kappa shape index (κ2) is 17.7. The van der Waals surface area contributed by atoms with E-state index in [1.165, 1.54) is 0 Å². The molecule has 14 nitrogen and oxygen atoms in total. The topological polar surface area (TPSA) is 257 Å². The monoisotopic (exact) mass is 601 g/mol. The molecule has 0 bridgehead atoms. The number of nitrogens with one attached hydrogen (secondary N) is 4. The number of carboxylic acid groups (broad SMARTS) is 1. The molecule has 13 N–H and O–H groups in total. The Bertz CT molecular complexity index is 1240. The van der Waals surface area contributed by atoms with Crippen molar-refractivity contribution in [3.05, 3.63) is 36.0 Å². The number of aromatic nitrogens is 1. The number of carbonyl (C=O) groups is 4. The number of aromatic amines is 1. The molecule has 3 amide bonds. The van der Waals surface area contributed by atoms with Crippen LogP contribution in [-0.4, -0.2) is 77.0 Å². The number of nitrogens with two attached hydrogens (primary N) is 4. The van der Waals surface area contributed by atoms with Gasteiger partial charge in [0.1, 0.15) is 18.1 Å². The summed E-state index contributed by atoms with van der Waals surface area (Å²) in [5, 5.41) is 18.8. The fraction of sp³-hybridized carbons (Fsp3) is 0.552. The summed E-state index contributed by atoms with van der Waals surface area (Å²) in [5.74, 6) is -3.20. The number of guanidine groups is 1. The van der Waals surface area contributed by atoms with Gasteiger partial charge in [0.05, 0.1) is 6.04 Å². The minimum Gasteiger partial charge on any atom is -0.480 e. The highest BCUT2D eigenvalue weighted by Gasteiger charge is 2.31.